The first-order valence-corrected chi connectivity index (χ1v) is 8.47. The highest BCUT2D eigenvalue weighted by atomic mass is 16.5. The van der Waals surface area contributed by atoms with E-state index in [0.717, 1.165) is 5.56 Å². The number of nitrogens with zero attached hydrogens (tertiary/aromatic N) is 4. The van der Waals surface area contributed by atoms with Crippen LogP contribution >= 0.6 is 0 Å². The van der Waals surface area contributed by atoms with Crippen LogP contribution < -0.4 is 10.5 Å². The molecule has 0 aliphatic rings. The normalized spacial score (nSPS) is 8.88. The maximum absolute atomic E-state index is 8.91. The van der Waals surface area contributed by atoms with E-state index < -0.39 is 0 Å². The smallest absolute Gasteiger partial charge is 0.246 e. The van der Waals surface area contributed by atoms with Crippen LogP contribution in [0.1, 0.15) is 33.3 Å². The summed E-state index contributed by atoms with van der Waals surface area (Å²) in [5, 5.41) is 8.91. The van der Waals surface area contributed by atoms with Crippen LogP contribution in [-0.4, -0.2) is 15.0 Å². The first-order valence-electron chi connectivity index (χ1n) is 8.47. The largest absolute Gasteiger partial charge is 0.437 e. The molecule has 0 radical (unpaired) electrons. The third-order valence-electron chi connectivity index (χ3n) is 2.88. The molecule has 26 heavy (non-hydrogen) atoms. The van der Waals surface area contributed by atoms with Crippen molar-refractivity contribution in [3.8, 4) is 29.1 Å². The third kappa shape index (κ3) is 5.56. The van der Waals surface area contributed by atoms with E-state index >= 15 is 0 Å². The second-order valence-corrected chi connectivity index (χ2v) is 4.44. The summed E-state index contributed by atoms with van der Waals surface area (Å²) in [6, 6.07) is 12.5. The van der Waals surface area contributed by atoms with Gasteiger partial charge >= 0.3 is 0 Å². The van der Waals surface area contributed by atoms with Crippen molar-refractivity contribution in [1.82, 2.24) is 15.0 Å². The number of anilines is 1. The monoisotopic (exact) mass is 349 g/mol. The molecule has 0 saturated heterocycles. The van der Waals surface area contributed by atoms with Crippen LogP contribution in [0.25, 0.3) is 11.4 Å². The number of ether oxygens (including phenoxy) is 1. The highest BCUT2D eigenvalue weighted by Crippen LogP contribution is 2.27. The molecule has 2 heterocycles. The maximum atomic E-state index is 8.91. The lowest BCUT2D eigenvalue weighted by atomic mass is 10.2. The third-order valence-corrected chi connectivity index (χ3v) is 2.88. The molecule has 3 rings (SSSR count). The molecule has 0 amide bonds. The van der Waals surface area contributed by atoms with Crippen molar-refractivity contribution in [2.24, 2.45) is 0 Å². The fraction of sp³-hybridized carbons (Fsp3) is 0.200. The second kappa shape index (κ2) is 11.2. The summed E-state index contributed by atoms with van der Waals surface area (Å²) >= 11 is 0. The van der Waals surface area contributed by atoms with Gasteiger partial charge in [-0.3, -0.25) is 4.98 Å². The molecule has 0 aliphatic heterocycles. The van der Waals surface area contributed by atoms with Crippen molar-refractivity contribution in [3.05, 3.63) is 60.6 Å². The molecular weight excluding hydrogens is 326 g/mol. The van der Waals surface area contributed by atoms with Crippen molar-refractivity contribution in [2.75, 3.05) is 5.73 Å². The van der Waals surface area contributed by atoms with Crippen LogP contribution in [0.4, 0.5) is 5.69 Å². The number of hydrogen-bond donors (Lipinski definition) is 1. The van der Waals surface area contributed by atoms with Gasteiger partial charge in [-0.15, -0.1) is 0 Å². The van der Waals surface area contributed by atoms with Gasteiger partial charge in [-0.2, -0.15) is 10.2 Å². The number of rotatable bonds is 3. The van der Waals surface area contributed by atoms with Gasteiger partial charge in [-0.1, -0.05) is 33.8 Å². The minimum absolute atomic E-state index is 0.240. The number of aromatic nitrogens is 3. The molecule has 6 heteroatoms. The molecular formula is C20H23N5O. The standard InChI is InChI=1S/C16H11N5O.2C2H6/c17-8-11-3-1-5-13(7-11)22-16-14(18)10-20-15(21-16)12-4-2-6-19-9-12;2*1-2/h1-7,9-10H,18H2;2*1-2H3. The van der Waals surface area contributed by atoms with Gasteiger partial charge in [0.25, 0.3) is 0 Å². The Morgan fingerprint density at radius 3 is 2.46 bits per heavy atom. The average Bonchev–Trinajstić information content (AvgIpc) is 2.73. The van der Waals surface area contributed by atoms with Gasteiger partial charge in [0.15, 0.2) is 5.82 Å². The number of benzene rings is 1. The molecule has 1 aromatic carbocycles. The Hall–Kier alpha value is -3.46. The van der Waals surface area contributed by atoms with Gasteiger partial charge in [0, 0.05) is 18.0 Å². The highest BCUT2D eigenvalue weighted by molar-refractivity contribution is 5.58. The second-order valence-electron chi connectivity index (χ2n) is 4.44. The summed E-state index contributed by atoms with van der Waals surface area (Å²) < 4.78 is 5.67. The molecule has 2 aromatic heterocycles. The molecule has 6 nitrogen and oxygen atoms in total. The van der Waals surface area contributed by atoms with E-state index in [4.69, 9.17) is 15.7 Å². The zero-order valence-corrected chi connectivity index (χ0v) is 15.5. The van der Waals surface area contributed by atoms with Crippen LogP contribution in [-0.2, 0) is 0 Å². The summed E-state index contributed by atoms with van der Waals surface area (Å²) in [6.07, 6.45) is 4.82. The molecule has 0 unspecified atom stereocenters. The van der Waals surface area contributed by atoms with E-state index in [0.29, 0.717) is 22.8 Å². The predicted molar refractivity (Wildman–Crippen MR) is 104 cm³/mol. The molecule has 0 bridgehead atoms. The number of pyridine rings is 1. The minimum atomic E-state index is 0.240. The van der Waals surface area contributed by atoms with E-state index in [9.17, 15) is 0 Å². The minimum Gasteiger partial charge on any atom is -0.437 e. The van der Waals surface area contributed by atoms with Crippen molar-refractivity contribution < 1.29 is 4.74 Å². The van der Waals surface area contributed by atoms with Gasteiger partial charge < -0.3 is 10.5 Å². The lowest BCUT2D eigenvalue weighted by molar-refractivity contribution is 0.465. The van der Waals surface area contributed by atoms with Crippen LogP contribution in [0, 0.1) is 11.3 Å². The van der Waals surface area contributed by atoms with E-state index in [2.05, 4.69) is 21.0 Å². The summed E-state index contributed by atoms with van der Waals surface area (Å²) in [4.78, 5) is 12.5. The molecule has 0 saturated carbocycles. The maximum Gasteiger partial charge on any atom is 0.246 e. The zero-order valence-electron chi connectivity index (χ0n) is 15.5. The predicted octanol–water partition coefficient (Wildman–Crippen LogP) is 4.84. The summed E-state index contributed by atoms with van der Waals surface area (Å²) in [7, 11) is 0. The lowest BCUT2D eigenvalue weighted by Gasteiger charge is -2.08. The quantitative estimate of drug-likeness (QED) is 0.726. The Morgan fingerprint density at radius 1 is 1.04 bits per heavy atom. The topological polar surface area (TPSA) is 97.7 Å². The number of nitriles is 1. The zero-order chi connectivity index (χ0) is 19.4. The number of nitrogens with two attached hydrogens (primary N) is 1. The Morgan fingerprint density at radius 2 is 1.81 bits per heavy atom. The first-order chi connectivity index (χ1) is 12.8. The Bertz CT molecular complexity index is 844. The van der Waals surface area contributed by atoms with Crippen molar-refractivity contribution in [1.29, 1.82) is 5.26 Å². The summed E-state index contributed by atoms with van der Waals surface area (Å²) in [5.74, 6) is 1.19. The first kappa shape index (κ1) is 20.6. The molecule has 0 aliphatic carbocycles. The molecule has 0 atom stereocenters. The Labute approximate surface area is 154 Å². The van der Waals surface area contributed by atoms with Crippen molar-refractivity contribution in [3.63, 3.8) is 0 Å². The molecule has 0 spiro atoms. The van der Waals surface area contributed by atoms with E-state index in [-0.39, 0.29) is 5.88 Å². The van der Waals surface area contributed by atoms with Crippen LogP contribution in [0.2, 0.25) is 0 Å². The van der Waals surface area contributed by atoms with Gasteiger partial charge in [-0.25, -0.2) is 4.98 Å². The van der Waals surface area contributed by atoms with Gasteiger partial charge in [0.2, 0.25) is 5.88 Å². The van der Waals surface area contributed by atoms with E-state index in [1.54, 1.807) is 42.7 Å². The number of nitrogen functional groups attached to an aromatic ring is 1. The Kier molecular flexibility index (Phi) is 8.83. The lowest BCUT2D eigenvalue weighted by Crippen LogP contribution is -1.99. The van der Waals surface area contributed by atoms with Crippen molar-refractivity contribution in [2.45, 2.75) is 27.7 Å². The van der Waals surface area contributed by atoms with Gasteiger partial charge in [-0.05, 0) is 30.3 Å². The van der Waals surface area contributed by atoms with Crippen LogP contribution in [0.3, 0.4) is 0 Å². The van der Waals surface area contributed by atoms with Gasteiger partial charge in [0.05, 0.1) is 17.8 Å². The van der Waals surface area contributed by atoms with E-state index in [1.807, 2.05) is 33.8 Å². The fourth-order valence-corrected chi connectivity index (χ4v) is 1.83. The summed E-state index contributed by atoms with van der Waals surface area (Å²) in [6.45, 7) is 8.00. The highest BCUT2D eigenvalue weighted by Gasteiger charge is 2.09. The van der Waals surface area contributed by atoms with Crippen LogP contribution in [0.5, 0.6) is 11.6 Å². The molecule has 3 aromatic rings. The summed E-state index contributed by atoms with van der Waals surface area (Å²) in [5.41, 5.74) is 7.43. The van der Waals surface area contributed by atoms with E-state index in [1.165, 1.54) is 6.20 Å². The van der Waals surface area contributed by atoms with Crippen molar-refractivity contribution >= 4 is 5.69 Å². The fourth-order valence-electron chi connectivity index (χ4n) is 1.83. The molecule has 2 N–H and O–H groups in total. The SMILES string of the molecule is CC.CC.N#Cc1cccc(Oc2nc(-c3cccnc3)ncc2N)c1. The average molecular weight is 349 g/mol. The van der Waals surface area contributed by atoms with Gasteiger partial charge in [0.1, 0.15) is 11.4 Å². The molecule has 0 fully saturated rings. The molecule has 134 valence electrons. The number of hydrogen-bond acceptors (Lipinski definition) is 6. The Balaban J connectivity index is 0.000000791. The van der Waals surface area contributed by atoms with Crippen LogP contribution in [0.15, 0.2) is 55.0 Å².